The Bertz CT molecular complexity index is 968. The van der Waals surface area contributed by atoms with E-state index in [0.29, 0.717) is 16.9 Å². The lowest BCUT2D eigenvalue weighted by Crippen LogP contribution is -2.35. The number of benzene rings is 2. The van der Waals surface area contributed by atoms with E-state index >= 15 is 0 Å². The van der Waals surface area contributed by atoms with Crippen molar-refractivity contribution >= 4 is 17.3 Å². The van der Waals surface area contributed by atoms with Crippen LogP contribution in [0.4, 0.5) is 11.4 Å². The quantitative estimate of drug-likeness (QED) is 0.655. The maximum atomic E-state index is 12.7. The molecule has 1 fully saturated rings. The fourth-order valence-electron chi connectivity index (χ4n) is 3.33. The summed E-state index contributed by atoms with van der Waals surface area (Å²) in [6.45, 7) is 4.30. The van der Waals surface area contributed by atoms with Crippen molar-refractivity contribution in [2.45, 2.75) is 6.54 Å². The van der Waals surface area contributed by atoms with E-state index in [4.69, 9.17) is 10.5 Å². The van der Waals surface area contributed by atoms with Crippen LogP contribution in [-0.2, 0) is 11.3 Å². The summed E-state index contributed by atoms with van der Waals surface area (Å²) in [6.07, 6.45) is 1.74. The van der Waals surface area contributed by atoms with Crippen LogP contribution in [0.2, 0.25) is 0 Å². The largest absolute Gasteiger partial charge is 0.397 e. The summed E-state index contributed by atoms with van der Waals surface area (Å²) in [7, 11) is 0. The first-order chi connectivity index (χ1) is 14.2. The van der Waals surface area contributed by atoms with Gasteiger partial charge in [0.05, 0.1) is 30.3 Å². The van der Waals surface area contributed by atoms with Crippen molar-refractivity contribution in [2.24, 2.45) is 0 Å². The van der Waals surface area contributed by atoms with E-state index in [1.54, 1.807) is 12.3 Å². The zero-order valence-corrected chi connectivity index (χ0v) is 16.2. The number of morpholine rings is 1. The number of pyridine rings is 1. The van der Waals surface area contributed by atoms with E-state index in [1.165, 1.54) is 5.56 Å². The molecular formula is C23H24N4O2. The van der Waals surface area contributed by atoms with Crippen molar-refractivity contribution in [1.82, 2.24) is 9.88 Å². The lowest BCUT2D eigenvalue weighted by molar-refractivity contribution is 0.0342. The minimum absolute atomic E-state index is 0.187. The number of nitrogens with one attached hydrogen (secondary N) is 1. The first kappa shape index (κ1) is 19.1. The lowest BCUT2D eigenvalue weighted by Gasteiger charge is -2.26. The molecule has 29 heavy (non-hydrogen) atoms. The molecule has 1 saturated heterocycles. The Hall–Kier alpha value is -3.22. The van der Waals surface area contributed by atoms with Crippen LogP contribution < -0.4 is 11.1 Å². The molecule has 1 aliphatic rings. The number of nitrogen functional groups attached to an aromatic ring is 1. The highest BCUT2D eigenvalue weighted by Gasteiger charge is 2.13. The highest BCUT2D eigenvalue weighted by atomic mass is 16.5. The molecule has 6 heteroatoms. The standard InChI is InChI=1S/C23H24N4O2/c24-20-9-8-19(21-3-1-2-10-25-21)15-22(20)26-23(28)18-6-4-17(5-7-18)16-27-11-13-29-14-12-27/h1-10,15H,11-14,16,24H2,(H,26,28). The molecule has 2 aromatic carbocycles. The van der Waals surface area contributed by atoms with Crippen LogP contribution in [0, 0.1) is 0 Å². The number of nitrogens with zero attached hydrogens (tertiary/aromatic N) is 2. The van der Waals surface area contributed by atoms with Crippen molar-refractivity contribution in [1.29, 1.82) is 0 Å². The molecule has 2 heterocycles. The van der Waals surface area contributed by atoms with E-state index in [-0.39, 0.29) is 5.91 Å². The second-order valence-corrected chi connectivity index (χ2v) is 7.06. The van der Waals surface area contributed by atoms with Crippen molar-refractivity contribution in [2.75, 3.05) is 37.4 Å². The molecule has 3 aromatic rings. The zero-order chi connectivity index (χ0) is 20.1. The van der Waals surface area contributed by atoms with E-state index in [1.807, 2.05) is 54.6 Å². The SMILES string of the molecule is Nc1ccc(-c2ccccn2)cc1NC(=O)c1ccc(CN2CCOCC2)cc1. The van der Waals surface area contributed by atoms with Crippen molar-refractivity contribution in [3.8, 4) is 11.3 Å². The number of hydrogen-bond acceptors (Lipinski definition) is 5. The summed E-state index contributed by atoms with van der Waals surface area (Å²) >= 11 is 0. The van der Waals surface area contributed by atoms with Gasteiger partial charge in [-0.15, -0.1) is 0 Å². The van der Waals surface area contributed by atoms with Gasteiger partial charge in [0, 0.05) is 37.0 Å². The molecule has 4 rings (SSSR count). The summed E-state index contributed by atoms with van der Waals surface area (Å²) < 4.78 is 5.38. The molecule has 0 aliphatic carbocycles. The van der Waals surface area contributed by atoms with E-state index < -0.39 is 0 Å². The minimum atomic E-state index is -0.187. The molecule has 1 aromatic heterocycles. The molecule has 0 saturated carbocycles. The Morgan fingerprint density at radius 1 is 1.07 bits per heavy atom. The maximum absolute atomic E-state index is 12.7. The normalized spacial score (nSPS) is 14.5. The molecule has 0 radical (unpaired) electrons. The highest BCUT2D eigenvalue weighted by molar-refractivity contribution is 6.06. The van der Waals surface area contributed by atoms with Gasteiger partial charge >= 0.3 is 0 Å². The number of ether oxygens (including phenoxy) is 1. The van der Waals surface area contributed by atoms with Crippen LogP contribution in [0.15, 0.2) is 66.9 Å². The molecule has 0 atom stereocenters. The van der Waals surface area contributed by atoms with Crippen LogP contribution in [0.3, 0.4) is 0 Å². The van der Waals surface area contributed by atoms with Gasteiger partial charge in [-0.05, 0) is 42.0 Å². The molecule has 0 spiro atoms. The number of carbonyl (C=O) groups is 1. The van der Waals surface area contributed by atoms with Gasteiger partial charge in [-0.3, -0.25) is 14.7 Å². The number of amides is 1. The highest BCUT2D eigenvalue weighted by Crippen LogP contribution is 2.26. The summed E-state index contributed by atoms with van der Waals surface area (Å²) in [5.74, 6) is -0.187. The van der Waals surface area contributed by atoms with Gasteiger partial charge in [-0.2, -0.15) is 0 Å². The second kappa shape index (κ2) is 8.86. The molecule has 0 bridgehead atoms. The fraction of sp³-hybridized carbons (Fsp3) is 0.217. The summed E-state index contributed by atoms with van der Waals surface area (Å²) in [5.41, 5.74) is 10.7. The van der Waals surface area contributed by atoms with Crippen molar-refractivity contribution in [3.05, 3.63) is 78.0 Å². The van der Waals surface area contributed by atoms with Gasteiger partial charge in [0.1, 0.15) is 0 Å². The smallest absolute Gasteiger partial charge is 0.255 e. The number of anilines is 2. The van der Waals surface area contributed by atoms with Crippen LogP contribution in [0.5, 0.6) is 0 Å². The third-order valence-electron chi connectivity index (χ3n) is 4.99. The Morgan fingerprint density at radius 2 is 1.86 bits per heavy atom. The Balaban J connectivity index is 1.45. The van der Waals surface area contributed by atoms with Crippen LogP contribution in [0.1, 0.15) is 15.9 Å². The van der Waals surface area contributed by atoms with Crippen LogP contribution in [0.25, 0.3) is 11.3 Å². The predicted molar refractivity (Wildman–Crippen MR) is 115 cm³/mol. The average molecular weight is 388 g/mol. The number of aromatic nitrogens is 1. The van der Waals surface area contributed by atoms with E-state index in [9.17, 15) is 4.79 Å². The van der Waals surface area contributed by atoms with Gasteiger partial charge in [-0.25, -0.2) is 0 Å². The molecule has 148 valence electrons. The minimum Gasteiger partial charge on any atom is -0.397 e. The van der Waals surface area contributed by atoms with Crippen LogP contribution >= 0.6 is 0 Å². The number of rotatable bonds is 5. The number of hydrogen-bond donors (Lipinski definition) is 2. The second-order valence-electron chi connectivity index (χ2n) is 7.06. The predicted octanol–water partition coefficient (Wildman–Crippen LogP) is 3.42. The zero-order valence-electron chi connectivity index (χ0n) is 16.2. The monoisotopic (exact) mass is 388 g/mol. The lowest BCUT2D eigenvalue weighted by atomic mass is 10.1. The number of nitrogens with two attached hydrogens (primary N) is 1. The van der Waals surface area contributed by atoms with E-state index in [2.05, 4.69) is 15.2 Å². The molecule has 0 unspecified atom stereocenters. The Labute approximate surface area is 170 Å². The Kier molecular flexibility index (Phi) is 5.84. The third kappa shape index (κ3) is 4.80. The first-order valence-electron chi connectivity index (χ1n) is 9.70. The van der Waals surface area contributed by atoms with Gasteiger partial charge < -0.3 is 15.8 Å². The number of carbonyl (C=O) groups excluding carboxylic acids is 1. The van der Waals surface area contributed by atoms with Gasteiger partial charge in [0.25, 0.3) is 5.91 Å². The summed E-state index contributed by atoms with van der Waals surface area (Å²) in [5, 5.41) is 2.92. The molecule has 3 N–H and O–H groups in total. The molecule has 1 amide bonds. The van der Waals surface area contributed by atoms with Crippen LogP contribution in [-0.4, -0.2) is 42.1 Å². The summed E-state index contributed by atoms with van der Waals surface area (Å²) in [4.78, 5) is 19.4. The van der Waals surface area contributed by atoms with Crippen molar-refractivity contribution < 1.29 is 9.53 Å². The molecular weight excluding hydrogens is 364 g/mol. The first-order valence-corrected chi connectivity index (χ1v) is 9.70. The van der Waals surface area contributed by atoms with Gasteiger partial charge in [0.15, 0.2) is 0 Å². The van der Waals surface area contributed by atoms with Gasteiger partial charge in [0.2, 0.25) is 0 Å². The third-order valence-corrected chi connectivity index (χ3v) is 4.99. The average Bonchev–Trinajstić information content (AvgIpc) is 2.77. The molecule has 1 aliphatic heterocycles. The summed E-state index contributed by atoms with van der Waals surface area (Å²) in [6, 6.07) is 18.9. The van der Waals surface area contributed by atoms with Gasteiger partial charge in [-0.1, -0.05) is 24.3 Å². The fourth-order valence-corrected chi connectivity index (χ4v) is 3.33. The molecule has 6 nitrogen and oxygen atoms in total. The Morgan fingerprint density at radius 3 is 2.59 bits per heavy atom. The maximum Gasteiger partial charge on any atom is 0.255 e. The van der Waals surface area contributed by atoms with E-state index in [0.717, 1.165) is 44.1 Å². The van der Waals surface area contributed by atoms with Crippen molar-refractivity contribution in [3.63, 3.8) is 0 Å². The topological polar surface area (TPSA) is 80.5 Å².